The topological polar surface area (TPSA) is 49.3 Å². The number of piperidine rings is 1. The molecule has 0 bridgehead atoms. The van der Waals surface area contributed by atoms with Crippen molar-refractivity contribution in [2.45, 2.75) is 45.1 Å². The molecular formula is C17H25NO2. The Balaban J connectivity index is 1.88. The van der Waals surface area contributed by atoms with Gasteiger partial charge >= 0.3 is 0 Å². The summed E-state index contributed by atoms with van der Waals surface area (Å²) in [6.07, 6.45) is 4.46. The minimum atomic E-state index is -0.226. The number of aryl methyl sites for hydroxylation is 1. The molecule has 0 amide bonds. The summed E-state index contributed by atoms with van der Waals surface area (Å²) < 4.78 is 0. The number of carbonyl (C=O) groups excluding carboxylic acids is 1. The van der Waals surface area contributed by atoms with Crippen molar-refractivity contribution < 1.29 is 9.90 Å². The van der Waals surface area contributed by atoms with Gasteiger partial charge in [0, 0.05) is 11.5 Å². The molecule has 2 rings (SSSR count). The highest BCUT2D eigenvalue weighted by atomic mass is 16.3. The number of benzene rings is 1. The minimum absolute atomic E-state index is 0.192. The fraction of sp³-hybridized carbons (Fsp3) is 0.588. The van der Waals surface area contributed by atoms with Gasteiger partial charge in [-0.25, -0.2) is 0 Å². The summed E-state index contributed by atoms with van der Waals surface area (Å²) in [5.41, 5.74) is 2.09. The second-order valence-electron chi connectivity index (χ2n) is 5.83. The Morgan fingerprint density at radius 1 is 1.30 bits per heavy atom. The second kappa shape index (κ2) is 7.55. The van der Waals surface area contributed by atoms with Gasteiger partial charge in [-0.05, 0) is 57.7 Å². The van der Waals surface area contributed by atoms with E-state index in [1.54, 1.807) is 0 Å². The summed E-state index contributed by atoms with van der Waals surface area (Å²) in [6, 6.07) is 8.02. The first-order chi connectivity index (χ1) is 9.66. The van der Waals surface area contributed by atoms with E-state index in [-0.39, 0.29) is 12.0 Å². The fourth-order valence-electron chi connectivity index (χ4n) is 2.76. The lowest BCUT2D eigenvalue weighted by atomic mass is 9.89. The van der Waals surface area contributed by atoms with Crippen molar-refractivity contribution >= 4 is 5.78 Å². The molecule has 0 aromatic heterocycles. The van der Waals surface area contributed by atoms with Crippen LogP contribution in [0.25, 0.3) is 0 Å². The van der Waals surface area contributed by atoms with Gasteiger partial charge in [-0.15, -0.1) is 0 Å². The third-order valence-corrected chi connectivity index (χ3v) is 4.04. The first-order valence-electron chi connectivity index (χ1n) is 7.69. The van der Waals surface area contributed by atoms with Gasteiger partial charge < -0.3 is 10.4 Å². The Labute approximate surface area is 121 Å². The molecule has 1 atom stereocenters. The molecule has 1 aliphatic rings. The van der Waals surface area contributed by atoms with Gasteiger partial charge in [-0.2, -0.15) is 0 Å². The van der Waals surface area contributed by atoms with Crippen LogP contribution < -0.4 is 5.32 Å². The summed E-state index contributed by atoms with van der Waals surface area (Å²) in [5.74, 6) is 0.486. The molecule has 20 heavy (non-hydrogen) atoms. The summed E-state index contributed by atoms with van der Waals surface area (Å²) in [4.78, 5) is 12.4. The Hall–Kier alpha value is -1.19. The largest absolute Gasteiger partial charge is 0.393 e. The average molecular weight is 275 g/mol. The van der Waals surface area contributed by atoms with Gasteiger partial charge in [0.25, 0.3) is 0 Å². The van der Waals surface area contributed by atoms with Crippen molar-refractivity contribution in [3.05, 3.63) is 35.4 Å². The number of rotatable bonds is 6. The van der Waals surface area contributed by atoms with E-state index in [1.807, 2.05) is 19.1 Å². The van der Waals surface area contributed by atoms with Gasteiger partial charge in [0.2, 0.25) is 0 Å². The van der Waals surface area contributed by atoms with Gasteiger partial charge in [0.15, 0.2) is 5.78 Å². The van der Waals surface area contributed by atoms with Crippen LogP contribution in [0.5, 0.6) is 0 Å². The predicted molar refractivity (Wildman–Crippen MR) is 81.0 cm³/mol. The number of aliphatic hydroxyl groups excluding tert-OH is 1. The van der Waals surface area contributed by atoms with Gasteiger partial charge in [0.1, 0.15) is 0 Å². The van der Waals surface area contributed by atoms with E-state index in [1.165, 1.54) is 5.56 Å². The fourth-order valence-corrected chi connectivity index (χ4v) is 2.76. The smallest absolute Gasteiger partial charge is 0.166 e. The maximum atomic E-state index is 12.4. The molecule has 1 saturated heterocycles. The first-order valence-corrected chi connectivity index (χ1v) is 7.69. The Bertz CT molecular complexity index is 419. The molecule has 1 heterocycles. The molecule has 1 unspecified atom stereocenters. The third kappa shape index (κ3) is 4.43. The van der Waals surface area contributed by atoms with Gasteiger partial charge in [0.05, 0.1) is 6.10 Å². The molecule has 1 aromatic rings. The lowest BCUT2D eigenvalue weighted by molar-refractivity contribution is 0.0895. The third-order valence-electron chi connectivity index (χ3n) is 4.04. The van der Waals surface area contributed by atoms with Crippen molar-refractivity contribution in [3.8, 4) is 0 Å². The van der Waals surface area contributed by atoms with E-state index in [0.717, 1.165) is 50.8 Å². The van der Waals surface area contributed by atoms with Crippen LogP contribution in [0, 0.1) is 5.92 Å². The van der Waals surface area contributed by atoms with E-state index >= 15 is 0 Å². The molecule has 110 valence electrons. The summed E-state index contributed by atoms with van der Waals surface area (Å²) in [5, 5.41) is 12.5. The van der Waals surface area contributed by atoms with Crippen molar-refractivity contribution in [2.24, 2.45) is 5.92 Å². The van der Waals surface area contributed by atoms with Gasteiger partial charge in [-0.1, -0.05) is 24.3 Å². The number of Topliss-reactive ketones (excluding diaryl/α,β-unsaturated/α-hetero) is 1. The van der Waals surface area contributed by atoms with E-state index < -0.39 is 0 Å². The molecule has 3 heteroatoms. The van der Waals surface area contributed by atoms with Crippen LogP contribution in [0.1, 0.15) is 48.5 Å². The number of hydrogen-bond acceptors (Lipinski definition) is 3. The molecule has 3 nitrogen and oxygen atoms in total. The Morgan fingerprint density at radius 2 is 1.95 bits per heavy atom. The van der Waals surface area contributed by atoms with E-state index in [0.29, 0.717) is 5.78 Å². The monoisotopic (exact) mass is 275 g/mol. The highest BCUT2D eigenvalue weighted by Gasteiger charge is 2.21. The molecule has 1 aliphatic heterocycles. The summed E-state index contributed by atoms with van der Waals surface area (Å²) in [6.45, 7) is 3.72. The van der Waals surface area contributed by atoms with Crippen molar-refractivity contribution in [3.63, 3.8) is 0 Å². The highest BCUT2D eigenvalue weighted by Crippen LogP contribution is 2.19. The van der Waals surface area contributed by atoms with Crippen LogP contribution in [0.3, 0.4) is 0 Å². The van der Waals surface area contributed by atoms with E-state index in [9.17, 15) is 9.90 Å². The maximum absolute atomic E-state index is 12.4. The van der Waals surface area contributed by atoms with Crippen molar-refractivity contribution in [2.75, 3.05) is 13.1 Å². The van der Waals surface area contributed by atoms with Crippen LogP contribution in [0.4, 0.5) is 0 Å². The molecule has 0 saturated carbocycles. The number of nitrogens with one attached hydrogen (secondary N) is 1. The average Bonchev–Trinajstić information content (AvgIpc) is 2.48. The number of hydrogen-bond donors (Lipinski definition) is 2. The quantitative estimate of drug-likeness (QED) is 0.785. The van der Waals surface area contributed by atoms with Crippen molar-refractivity contribution in [1.82, 2.24) is 5.32 Å². The Kier molecular flexibility index (Phi) is 5.74. The summed E-state index contributed by atoms with van der Waals surface area (Å²) >= 11 is 0. The Morgan fingerprint density at radius 3 is 2.55 bits per heavy atom. The zero-order valence-electron chi connectivity index (χ0n) is 12.3. The van der Waals surface area contributed by atoms with Crippen molar-refractivity contribution in [1.29, 1.82) is 0 Å². The standard InChI is InChI=1S/C17H25NO2/c1-13(19)3-2-4-14-5-7-15(8-6-14)17(20)16-9-11-18-12-10-16/h5-8,13,16,18-19H,2-4,9-12H2,1H3. The second-order valence-corrected chi connectivity index (χ2v) is 5.83. The lowest BCUT2D eigenvalue weighted by Crippen LogP contribution is -2.31. The molecule has 2 N–H and O–H groups in total. The number of aliphatic hydroxyl groups is 1. The highest BCUT2D eigenvalue weighted by molar-refractivity contribution is 5.97. The lowest BCUT2D eigenvalue weighted by Gasteiger charge is -2.21. The molecular weight excluding hydrogens is 250 g/mol. The predicted octanol–water partition coefficient (Wildman–Crippen LogP) is 2.57. The van der Waals surface area contributed by atoms with Crippen LogP contribution in [0.15, 0.2) is 24.3 Å². The zero-order valence-corrected chi connectivity index (χ0v) is 12.3. The minimum Gasteiger partial charge on any atom is -0.393 e. The first kappa shape index (κ1) is 15.2. The maximum Gasteiger partial charge on any atom is 0.166 e. The molecule has 1 aromatic carbocycles. The van der Waals surface area contributed by atoms with Crippen LogP contribution in [0.2, 0.25) is 0 Å². The van der Waals surface area contributed by atoms with E-state index in [4.69, 9.17) is 0 Å². The summed E-state index contributed by atoms with van der Waals surface area (Å²) in [7, 11) is 0. The molecule has 0 spiro atoms. The number of carbonyl (C=O) groups is 1. The normalized spacial score (nSPS) is 17.9. The van der Waals surface area contributed by atoms with E-state index in [2.05, 4.69) is 17.4 Å². The molecule has 0 radical (unpaired) electrons. The zero-order chi connectivity index (χ0) is 14.4. The van der Waals surface area contributed by atoms with Crippen LogP contribution in [-0.4, -0.2) is 30.1 Å². The number of ketones is 1. The van der Waals surface area contributed by atoms with Crippen LogP contribution in [-0.2, 0) is 6.42 Å². The van der Waals surface area contributed by atoms with Crippen LogP contribution >= 0.6 is 0 Å². The van der Waals surface area contributed by atoms with Gasteiger partial charge in [-0.3, -0.25) is 4.79 Å². The molecule has 1 fully saturated rings. The molecule has 0 aliphatic carbocycles. The SMILES string of the molecule is CC(O)CCCc1ccc(C(=O)C2CCNCC2)cc1.